The van der Waals surface area contributed by atoms with Gasteiger partial charge in [-0.05, 0) is 54.4 Å². The third kappa shape index (κ3) is 2.93. The van der Waals surface area contributed by atoms with Crippen molar-refractivity contribution >= 4 is 12.1 Å². The fraction of sp³-hybridized carbons (Fsp3) is 0.364. The molecule has 2 N–H and O–H groups in total. The summed E-state index contributed by atoms with van der Waals surface area (Å²) in [6, 6.07) is 13.2. The Bertz CT molecular complexity index is 908. The van der Waals surface area contributed by atoms with Gasteiger partial charge in [0.25, 0.3) is 0 Å². The van der Waals surface area contributed by atoms with Crippen molar-refractivity contribution in [1.82, 2.24) is 5.32 Å². The molecule has 6 heteroatoms. The van der Waals surface area contributed by atoms with E-state index in [4.69, 9.17) is 4.74 Å². The Balaban J connectivity index is 1.40. The average Bonchev–Trinajstić information content (AvgIpc) is 2.61. The van der Waals surface area contributed by atoms with E-state index in [1.165, 1.54) is 6.07 Å². The van der Waals surface area contributed by atoms with E-state index in [1.807, 2.05) is 36.4 Å². The van der Waals surface area contributed by atoms with Crippen LogP contribution in [0.3, 0.4) is 0 Å². The summed E-state index contributed by atoms with van der Waals surface area (Å²) in [5.41, 5.74) is 1.74. The summed E-state index contributed by atoms with van der Waals surface area (Å²) in [6.07, 6.45) is 1.14. The molecule has 2 aromatic rings. The van der Waals surface area contributed by atoms with Crippen LogP contribution >= 0.6 is 0 Å². The molecular weight excluding hydrogens is 361 g/mol. The Morgan fingerprint density at radius 3 is 2.46 bits per heavy atom. The highest BCUT2D eigenvalue weighted by atomic mass is 19.1. The first-order chi connectivity index (χ1) is 13.4. The van der Waals surface area contributed by atoms with Crippen molar-refractivity contribution in [3.05, 3.63) is 71.0 Å². The summed E-state index contributed by atoms with van der Waals surface area (Å²) < 4.78 is 19.1. The van der Waals surface area contributed by atoms with E-state index in [-0.39, 0.29) is 17.8 Å². The minimum atomic E-state index is -1.07. The maximum Gasteiger partial charge on any atom is 0.408 e. The number of benzene rings is 2. The number of carboxylic acid groups (broad SMARTS) is 1. The van der Waals surface area contributed by atoms with E-state index in [2.05, 4.69) is 5.32 Å². The second kappa shape index (κ2) is 6.62. The first-order valence-corrected chi connectivity index (χ1v) is 9.31. The summed E-state index contributed by atoms with van der Waals surface area (Å²) in [6.45, 7) is 1.84. The van der Waals surface area contributed by atoms with E-state index in [0.717, 1.165) is 11.1 Å². The highest BCUT2D eigenvalue weighted by Gasteiger charge is 2.72. The van der Waals surface area contributed by atoms with Crippen LogP contribution in [0.15, 0.2) is 48.5 Å². The molecule has 0 heterocycles. The molecule has 0 aliphatic heterocycles. The van der Waals surface area contributed by atoms with Crippen LogP contribution in [0.2, 0.25) is 0 Å². The summed E-state index contributed by atoms with van der Waals surface area (Å²) >= 11 is 0. The second-order valence-corrected chi connectivity index (χ2v) is 8.06. The van der Waals surface area contributed by atoms with Crippen molar-refractivity contribution in [2.24, 2.45) is 5.41 Å². The topological polar surface area (TPSA) is 75.6 Å². The van der Waals surface area contributed by atoms with Crippen molar-refractivity contribution < 1.29 is 23.8 Å². The molecule has 0 aromatic heterocycles. The Labute approximate surface area is 162 Å². The lowest BCUT2D eigenvalue weighted by Crippen LogP contribution is -2.73. The standard InChI is InChI=1S/C22H22FNO4/c1-14-16(8-5-9-17(14)23)21-11-22(12-21,13-21)18(19(25)26)24-20(27)28-10-15-6-3-2-4-7-15/h2-9,18H,10-13H2,1H3,(H,24,27)(H,25,26). The highest BCUT2D eigenvalue weighted by Crippen LogP contribution is 2.75. The Morgan fingerprint density at radius 2 is 1.82 bits per heavy atom. The molecule has 3 aliphatic carbocycles. The molecular formula is C22H22FNO4. The number of carboxylic acids is 1. The first kappa shape index (κ1) is 18.5. The monoisotopic (exact) mass is 383 g/mol. The minimum absolute atomic E-state index is 0.0818. The molecule has 1 atom stereocenters. The lowest BCUT2D eigenvalue weighted by atomic mass is 9.31. The summed E-state index contributed by atoms with van der Waals surface area (Å²) in [4.78, 5) is 23.9. The SMILES string of the molecule is Cc1c(F)cccc1C12CC(C(NC(=O)OCc3ccccc3)C(=O)O)(C1)C2. The fourth-order valence-electron chi connectivity index (χ4n) is 5.00. The maximum absolute atomic E-state index is 13.9. The van der Waals surface area contributed by atoms with E-state index >= 15 is 0 Å². The number of carbonyl (C=O) groups excluding carboxylic acids is 1. The molecule has 2 aromatic carbocycles. The quantitative estimate of drug-likeness (QED) is 0.792. The summed E-state index contributed by atoms with van der Waals surface area (Å²) in [7, 11) is 0. The molecule has 3 saturated carbocycles. The van der Waals surface area contributed by atoms with E-state index in [1.54, 1.807) is 13.0 Å². The third-order valence-electron chi connectivity index (χ3n) is 6.24. The van der Waals surface area contributed by atoms with Crippen LogP contribution < -0.4 is 5.32 Å². The molecule has 2 bridgehead atoms. The number of nitrogens with one attached hydrogen (secondary N) is 1. The number of carbonyl (C=O) groups is 2. The number of alkyl carbamates (subject to hydrolysis) is 1. The van der Waals surface area contributed by atoms with Gasteiger partial charge >= 0.3 is 12.1 Å². The van der Waals surface area contributed by atoms with Gasteiger partial charge in [0, 0.05) is 5.41 Å². The van der Waals surface area contributed by atoms with Crippen molar-refractivity contribution in [2.75, 3.05) is 0 Å². The van der Waals surface area contributed by atoms with Crippen LogP contribution in [0.25, 0.3) is 0 Å². The normalized spacial score (nSPS) is 25.8. The van der Waals surface area contributed by atoms with Crippen molar-refractivity contribution in [3.63, 3.8) is 0 Å². The Hall–Kier alpha value is -2.89. The van der Waals surface area contributed by atoms with Crippen LogP contribution in [0.1, 0.15) is 36.0 Å². The predicted molar refractivity (Wildman–Crippen MR) is 100 cm³/mol. The van der Waals surface area contributed by atoms with Gasteiger partial charge in [-0.1, -0.05) is 42.5 Å². The van der Waals surface area contributed by atoms with Crippen molar-refractivity contribution in [2.45, 2.75) is 44.2 Å². The molecule has 0 saturated heterocycles. The second-order valence-electron chi connectivity index (χ2n) is 8.06. The number of halogens is 1. The smallest absolute Gasteiger partial charge is 0.408 e. The van der Waals surface area contributed by atoms with Gasteiger partial charge in [0.05, 0.1) is 0 Å². The fourth-order valence-corrected chi connectivity index (χ4v) is 5.00. The molecule has 1 unspecified atom stereocenters. The highest BCUT2D eigenvalue weighted by molar-refractivity contribution is 5.82. The van der Waals surface area contributed by atoms with E-state index in [0.29, 0.717) is 24.8 Å². The van der Waals surface area contributed by atoms with Crippen molar-refractivity contribution in [3.8, 4) is 0 Å². The Morgan fingerprint density at radius 1 is 1.14 bits per heavy atom. The predicted octanol–water partition coefficient (Wildman–Crippen LogP) is 3.94. The van der Waals surface area contributed by atoms with Gasteiger partial charge in [0.2, 0.25) is 0 Å². The van der Waals surface area contributed by atoms with Gasteiger partial charge in [-0.25, -0.2) is 14.0 Å². The summed E-state index contributed by atoms with van der Waals surface area (Å²) in [5, 5.41) is 12.2. The van der Waals surface area contributed by atoms with Gasteiger partial charge in [-0.2, -0.15) is 0 Å². The zero-order chi connectivity index (χ0) is 19.9. The molecule has 3 aliphatic rings. The molecule has 0 radical (unpaired) electrons. The van der Waals surface area contributed by atoms with Crippen LogP contribution in [-0.2, 0) is 21.6 Å². The lowest BCUT2D eigenvalue weighted by Gasteiger charge is -2.72. The van der Waals surface area contributed by atoms with E-state index < -0.39 is 23.5 Å². The van der Waals surface area contributed by atoms with Crippen LogP contribution in [-0.4, -0.2) is 23.2 Å². The molecule has 3 fully saturated rings. The molecule has 5 rings (SSSR count). The third-order valence-corrected chi connectivity index (χ3v) is 6.24. The van der Waals surface area contributed by atoms with Crippen LogP contribution in [0.4, 0.5) is 9.18 Å². The molecule has 146 valence electrons. The molecule has 1 amide bonds. The van der Waals surface area contributed by atoms with Gasteiger partial charge < -0.3 is 15.2 Å². The van der Waals surface area contributed by atoms with Crippen molar-refractivity contribution in [1.29, 1.82) is 0 Å². The van der Waals surface area contributed by atoms with E-state index in [9.17, 15) is 19.1 Å². The number of hydrogen-bond donors (Lipinski definition) is 2. The molecule has 0 spiro atoms. The van der Waals surface area contributed by atoms with Crippen LogP contribution in [0.5, 0.6) is 0 Å². The molecule has 5 nitrogen and oxygen atoms in total. The van der Waals surface area contributed by atoms with Gasteiger partial charge in [0.1, 0.15) is 18.5 Å². The van der Waals surface area contributed by atoms with Gasteiger partial charge in [-0.3, -0.25) is 0 Å². The number of hydrogen-bond acceptors (Lipinski definition) is 3. The lowest BCUT2D eigenvalue weighted by molar-refractivity contribution is -0.183. The Kier molecular flexibility index (Phi) is 4.37. The number of aliphatic carboxylic acids is 1. The minimum Gasteiger partial charge on any atom is -0.480 e. The maximum atomic E-state index is 13.9. The zero-order valence-electron chi connectivity index (χ0n) is 15.6. The number of ether oxygens (including phenoxy) is 1. The van der Waals surface area contributed by atoms with Gasteiger partial charge in [-0.15, -0.1) is 0 Å². The molecule has 28 heavy (non-hydrogen) atoms. The number of rotatable bonds is 6. The zero-order valence-corrected chi connectivity index (χ0v) is 15.6. The average molecular weight is 383 g/mol. The van der Waals surface area contributed by atoms with Crippen LogP contribution in [0, 0.1) is 18.2 Å². The van der Waals surface area contributed by atoms with Gasteiger partial charge in [0.15, 0.2) is 0 Å². The largest absolute Gasteiger partial charge is 0.480 e. The first-order valence-electron chi connectivity index (χ1n) is 9.31. The summed E-state index contributed by atoms with van der Waals surface area (Å²) in [5.74, 6) is -1.31. The number of amides is 1.